The van der Waals surface area contributed by atoms with Crippen molar-refractivity contribution in [3.8, 4) is 0 Å². The van der Waals surface area contributed by atoms with Crippen LogP contribution in [0, 0.1) is 5.92 Å². The Hall–Kier alpha value is -0.900. The van der Waals surface area contributed by atoms with Crippen LogP contribution in [0.1, 0.15) is 12.8 Å². The van der Waals surface area contributed by atoms with Gasteiger partial charge in [-0.15, -0.1) is 0 Å². The van der Waals surface area contributed by atoms with Crippen molar-refractivity contribution in [2.45, 2.75) is 18.9 Å². The molecule has 2 unspecified atom stereocenters. The van der Waals surface area contributed by atoms with Gasteiger partial charge in [-0.05, 0) is 25.0 Å². The van der Waals surface area contributed by atoms with Crippen molar-refractivity contribution in [2.75, 3.05) is 26.4 Å². The lowest BCUT2D eigenvalue weighted by atomic mass is 9.97. The first-order valence-corrected chi connectivity index (χ1v) is 6.32. The first-order chi connectivity index (χ1) is 8.40. The van der Waals surface area contributed by atoms with Crippen LogP contribution < -0.4 is 5.73 Å². The number of ether oxygens (including phenoxy) is 2. The third-order valence-corrected chi connectivity index (χ3v) is 3.26. The Morgan fingerprint density at radius 2 is 2.35 bits per heavy atom. The molecule has 17 heavy (non-hydrogen) atoms. The van der Waals surface area contributed by atoms with Crippen molar-refractivity contribution in [1.29, 1.82) is 0 Å². The molecule has 0 radical (unpaired) electrons. The van der Waals surface area contributed by atoms with Crippen molar-refractivity contribution in [3.05, 3.63) is 36.0 Å². The summed E-state index contributed by atoms with van der Waals surface area (Å²) < 4.78 is 11.4. The van der Waals surface area contributed by atoms with E-state index in [2.05, 4.69) is 30.4 Å². The summed E-state index contributed by atoms with van der Waals surface area (Å²) >= 11 is 0. The summed E-state index contributed by atoms with van der Waals surface area (Å²) in [5.41, 5.74) is 6.96. The summed E-state index contributed by atoms with van der Waals surface area (Å²) in [7, 11) is 0. The van der Waals surface area contributed by atoms with Crippen LogP contribution in [-0.4, -0.2) is 32.5 Å². The van der Waals surface area contributed by atoms with Crippen molar-refractivity contribution in [3.63, 3.8) is 0 Å². The summed E-state index contributed by atoms with van der Waals surface area (Å²) in [4.78, 5) is 0. The lowest BCUT2D eigenvalue weighted by molar-refractivity contribution is -0.0744. The molecule has 2 rings (SSSR count). The molecule has 1 aliphatic carbocycles. The summed E-state index contributed by atoms with van der Waals surface area (Å²) in [5, 5.41) is 0. The third-order valence-electron chi connectivity index (χ3n) is 3.26. The minimum Gasteiger partial charge on any atom is -0.379 e. The number of hydrogen-bond acceptors (Lipinski definition) is 3. The van der Waals surface area contributed by atoms with E-state index in [1.807, 2.05) is 0 Å². The fourth-order valence-electron chi connectivity index (χ4n) is 2.13. The average Bonchev–Trinajstić information content (AvgIpc) is 2.65. The van der Waals surface area contributed by atoms with E-state index in [1.165, 1.54) is 5.57 Å². The molecule has 0 aromatic heterocycles. The van der Waals surface area contributed by atoms with E-state index in [1.54, 1.807) is 0 Å². The minimum absolute atomic E-state index is 0.148. The Bertz CT molecular complexity index is 320. The van der Waals surface area contributed by atoms with Crippen LogP contribution in [0.3, 0.4) is 0 Å². The fourth-order valence-corrected chi connectivity index (χ4v) is 2.13. The second-order valence-electron chi connectivity index (χ2n) is 4.52. The van der Waals surface area contributed by atoms with Gasteiger partial charge in [-0.2, -0.15) is 0 Å². The molecule has 0 saturated carbocycles. The largest absolute Gasteiger partial charge is 0.379 e. The second-order valence-corrected chi connectivity index (χ2v) is 4.52. The van der Waals surface area contributed by atoms with Crippen LogP contribution in [0.15, 0.2) is 36.0 Å². The van der Waals surface area contributed by atoms with Gasteiger partial charge in [0, 0.05) is 12.5 Å². The molecule has 1 heterocycles. The van der Waals surface area contributed by atoms with Gasteiger partial charge in [-0.3, -0.25) is 0 Å². The van der Waals surface area contributed by atoms with Gasteiger partial charge in [0.25, 0.3) is 0 Å². The van der Waals surface area contributed by atoms with Gasteiger partial charge in [0.15, 0.2) is 0 Å². The molecule has 1 aliphatic heterocycles. The number of allylic oxidation sites excluding steroid dienone is 4. The van der Waals surface area contributed by atoms with Gasteiger partial charge in [0.2, 0.25) is 0 Å². The number of nitrogens with two attached hydrogens (primary N) is 1. The summed E-state index contributed by atoms with van der Waals surface area (Å²) in [6, 6.07) is 0. The molecule has 2 N–H and O–H groups in total. The lowest BCUT2D eigenvalue weighted by Crippen LogP contribution is -2.39. The molecule has 1 saturated heterocycles. The number of rotatable bonds is 4. The van der Waals surface area contributed by atoms with Crippen molar-refractivity contribution in [2.24, 2.45) is 11.7 Å². The molecule has 94 valence electrons. The highest BCUT2D eigenvalue weighted by Crippen LogP contribution is 2.18. The van der Waals surface area contributed by atoms with E-state index in [-0.39, 0.29) is 6.10 Å². The Kier molecular flexibility index (Phi) is 4.98. The topological polar surface area (TPSA) is 44.5 Å². The Labute approximate surface area is 103 Å². The maximum atomic E-state index is 5.92. The highest BCUT2D eigenvalue weighted by Gasteiger charge is 2.25. The molecule has 2 atom stereocenters. The zero-order chi connectivity index (χ0) is 11.9. The first-order valence-electron chi connectivity index (χ1n) is 6.32. The molecular weight excluding hydrogens is 214 g/mol. The maximum absolute atomic E-state index is 5.92. The maximum Gasteiger partial charge on any atom is 0.0853 e. The van der Waals surface area contributed by atoms with Crippen LogP contribution in [0.4, 0.5) is 0 Å². The molecule has 3 heteroatoms. The van der Waals surface area contributed by atoms with Gasteiger partial charge < -0.3 is 15.2 Å². The molecule has 0 amide bonds. The predicted molar refractivity (Wildman–Crippen MR) is 68.7 cm³/mol. The second kappa shape index (κ2) is 6.74. The van der Waals surface area contributed by atoms with Crippen LogP contribution in [0.25, 0.3) is 0 Å². The average molecular weight is 235 g/mol. The smallest absolute Gasteiger partial charge is 0.0853 e. The minimum atomic E-state index is 0.148. The van der Waals surface area contributed by atoms with Crippen molar-refractivity contribution < 1.29 is 9.47 Å². The normalized spacial score (nSPS) is 28.9. The van der Waals surface area contributed by atoms with Crippen molar-refractivity contribution in [1.82, 2.24) is 0 Å². The van der Waals surface area contributed by atoms with Crippen LogP contribution in [0.5, 0.6) is 0 Å². The predicted octanol–water partition coefficient (Wildman–Crippen LogP) is 1.81. The molecule has 3 nitrogen and oxygen atoms in total. The number of hydrogen-bond donors (Lipinski definition) is 1. The Morgan fingerprint density at radius 3 is 3.24 bits per heavy atom. The molecule has 0 spiro atoms. The Morgan fingerprint density at radius 1 is 1.41 bits per heavy atom. The molecule has 0 aromatic carbocycles. The van der Waals surface area contributed by atoms with E-state index >= 15 is 0 Å². The van der Waals surface area contributed by atoms with E-state index in [9.17, 15) is 0 Å². The third kappa shape index (κ3) is 3.80. The van der Waals surface area contributed by atoms with E-state index in [0.29, 0.717) is 25.7 Å². The summed E-state index contributed by atoms with van der Waals surface area (Å²) in [5.74, 6) is 0.439. The molecule has 0 bridgehead atoms. The van der Waals surface area contributed by atoms with Crippen LogP contribution in [-0.2, 0) is 9.47 Å². The standard InChI is InChI=1S/C14H21NO2/c15-9-13-7-8-16-11-14(13)17-10-12-5-3-1-2-4-6-12/h1,3-6,13-14H,2,7-11,15H2. The van der Waals surface area contributed by atoms with Gasteiger partial charge in [0.1, 0.15) is 0 Å². The van der Waals surface area contributed by atoms with E-state index < -0.39 is 0 Å². The van der Waals surface area contributed by atoms with Gasteiger partial charge in [-0.1, -0.05) is 30.4 Å². The quantitative estimate of drug-likeness (QED) is 0.808. The Balaban J connectivity index is 1.83. The molecule has 0 aromatic rings. The van der Waals surface area contributed by atoms with Crippen LogP contribution >= 0.6 is 0 Å². The van der Waals surface area contributed by atoms with Gasteiger partial charge in [0.05, 0.1) is 19.3 Å². The zero-order valence-corrected chi connectivity index (χ0v) is 10.2. The lowest BCUT2D eigenvalue weighted by Gasteiger charge is -2.30. The van der Waals surface area contributed by atoms with Gasteiger partial charge in [-0.25, -0.2) is 0 Å². The van der Waals surface area contributed by atoms with E-state index in [4.69, 9.17) is 15.2 Å². The summed E-state index contributed by atoms with van der Waals surface area (Å²) in [6.45, 7) is 2.82. The van der Waals surface area contributed by atoms with Crippen LogP contribution in [0.2, 0.25) is 0 Å². The van der Waals surface area contributed by atoms with Crippen molar-refractivity contribution >= 4 is 0 Å². The van der Waals surface area contributed by atoms with Gasteiger partial charge >= 0.3 is 0 Å². The highest BCUT2D eigenvalue weighted by molar-refractivity contribution is 5.27. The molecule has 2 aliphatic rings. The SMILES string of the molecule is NCC1CCOCC1OCC1=CC=CCC=C1. The first kappa shape index (κ1) is 12.6. The summed E-state index contributed by atoms with van der Waals surface area (Å²) in [6.07, 6.45) is 12.7. The van der Waals surface area contributed by atoms with E-state index in [0.717, 1.165) is 19.4 Å². The monoisotopic (exact) mass is 235 g/mol. The zero-order valence-electron chi connectivity index (χ0n) is 10.2. The molecule has 1 fully saturated rings. The fraction of sp³-hybridized carbons (Fsp3) is 0.571. The highest BCUT2D eigenvalue weighted by atomic mass is 16.5. The molecular formula is C14H21NO2.